The maximum atomic E-state index is 2.21. The Morgan fingerprint density at radius 3 is 1.80 bits per heavy atom. The Morgan fingerprint density at radius 1 is 1.20 bits per heavy atom. The van der Waals surface area contributed by atoms with Gasteiger partial charge in [-0.05, 0) is 0 Å². The molecule has 0 fully saturated rings. The van der Waals surface area contributed by atoms with Crippen LogP contribution >= 0.6 is 8.19 Å². The second-order valence-electron chi connectivity index (χ2n) is 2.53. The molecule has 0 amide bonds. The van der Waals surface area contributed by atoms with Crippen molar-refractivity contribution in [3.8, 4) is 0 Å². The molecule has 0 bridgehead atoms. The fourth-order valence-corrected chi connectivity index (χ4v) is 2.14. The number of aryl methyl sites for hydroxylation is 2. The second-order valence-corrected chi connectivity index (χ2v) is 4.10. The van der Waals surface area contributed by atoms with Crippen LogP contribution in [0.5, 0.6) is 0 Å². The van der Waals surface area contributed by atoms with E-state index in [0.29, 0.717) is 0 Å². The molecule has 54 valence electrons. The molecule has 0 atom stereocenters. The van der Waals surface area contributed by atoms with Gasteiger partial charge in [-0.3, -0.25) is 0 Å². The zero-order valence-corrected chi connectivity index (χ0v) is 9.40. The van der Waals surface area contributed by atoms with Crippen molar-refractivity contribution >= 4 is 8.19 Å². The average molecular weight is 187 g/mol. The Kier molecular flexibility index (Phi) is 3.95. The van der Waals surface area contributed by atoms with Gasteiger partial charge in [0.2, 0.25) is 0 Å². The Hall–Kier alpha value is 0.494. The summed E-state index contributed by atoms with van der Waals surface area (Å²) in [4.78, 5) is 0. The molecule has 0 saturated heterocycles. The van der Waals surface area contributed by atoms with Gasteiger partial charge >= 0.3 is 0 Å². The van der Waals surface area contributed by atoms with Crippen molar-refractivity contribution in [1.82, 2.24) is 0 Å². The summed E-state index contributed by atoms with van der Waals surface area (Å²) in [5.41, 5.74) is 2.99. The van der Waals surface area contributed by atoms with Gasteiger partial charge in [0.25, 0.3) is 0 Å². The first-order chi connectivity index (χ1) is 4.13. The van der Waals surface area contributed by atoms with Gasteiger partial charge in [0.1, 0.15) is 0 Å². The summed E-state index contributed by atoms with van der Waals surface area (Å²) >= 11 is 0. The summed E-state index contributed by atoms with van der Waals surface area (Å²) < 4.78 is 0. The molecular formula is C8H12PTi-. The first kappa shape index (κ1) is 10.5. The van der Waals surface area contributed by atoms with Crippen molar-refractivity contribution in [2.75, 3.05) is 0 Å². The molecule has 0 radical (unpaired) electrons. The van der Waals surface area contributed by atoms with E-state index in [1.54, 1.807) is 0 Å². The molecule has 0 saturated carbocycles. The van der Waals surface area contributed by atoms with E-state index >= 15 is 0 Å². The summed E-state index contributed by atoms with van der Waals surface area (Å²) in [6.45, 7) is 8.82. The summed E-state index contributed by atoms with van der Waals surface area (Å²) in [6, 6.07) is 0. The van der Waals surface area contributed by atoms with Crippen LogP contribution in [0.2, 0.25) is 0 Å². The molecule has 0 nitrogen and oxygen atoms in total. The molecule has 1 heterocycles. The van der Waals surface area contributed by atoms with Crippen LogP contribution in [0.25, 0.3) is 0 Å². The van der Waals surface area contributed by atoms with Gasteiger partial charge in [0, 0.05) is 21.7 Å². The smallest absolute Gasteiger partial charge is 0 e. The third-order valence-corrected chi connectivity index (χ3v) is 3.32. The predicted octanol–water partition coefficient (Wildman–Crippen LogP) is 3.22. The van der Waals surface area contributed by atoms with Crippen molar-refractivity contribution in [3.63, 3.8) is 0 Å². The van der Waals surface area contributed by atoms with Gasteiger partial charge in [0.15, 0.2) is 0 Å². The van der Waals surface area contributed by atoms with Gasteiger partial charge < -0.3 is 0 Å². The van der Waals surface area contributed by atoms with Crippen LogP contribution in [-0.2, 0) is 21.7 Å². The van der Waals surface area contributed by atoms with Crippen molar-refractivity contribution in [2.45, 2.75) is 27.7 Å². The Morgan fingerprint density at radius 2 is 1.70 bits per heavy atom. The molecule has 1 aromatic heterocycles. The van der Waals surface area contributed by atoms with Gasteiger partial charge in [0.05, 0.1) is 0 Å². The summed E-state index contributed by atoms with van der Waals surface area (Å²) in [7, 11) is 1.44. The minimum atomic E-state index is 0. The van der Waals surface area contributed by atoms with E-state index in [9.17, 15) is 0 Å². The first-order valence-electron chi connectivity index (χ1n) is 3.20. The van der Waals surface area contributed by atoms with Crippen LogP contribution in [0.1, 0.15) is 21.7 Å². The zero-order chi connectivity index (χ0) is 7.02. The minimum absolute atomic E-state index is 0. The maximum Gasteiger partial charge on any atom is 0 e. The molecule has 0 spiro atoms. The van der Waals surface area contributed by atoms with Crippen LogP contribution in [0.3, 0.4) is 0 Å². The molecule has 0 N–H and O–H groups in total. The molecule has 0 aliphatic heterocycles. The molecule has 10 heavy (non-hydrogen) atoms. The van der Waals surface area contributed by atoms with Gasteiger partial charge in [-0.25, -0.2) is 8.19 Å². The van der Waals surface area contributed by atoms with Crippen LogP contribution in [0.4, 0.5) is 0 Å². The molecule has 0 aromatic carbocycles. The van der Waals surface area contributed by atoms with Crippen molar-refractivity contribution in [1.29, 1.82) is 0 Å². The molecule has 0 unspecified atom stereocenters. The summed E-state index contributed by atoms with van der Waals surface area (Å²) in [5, 5.41) is 3.04. The Labute approximate surface area is 79.4 Å². The zero-order valence-electron chi connectivity index (χ0n) is 6.95. The minimum Gasteiger partial charge on any atom is -0.220 e. The van der Waals surface area contributed by atoms with Crippen LogP contribution in [-0.4, -0.2) is 0 Å². The molecule has 0 aliphatic carbocycles. The second kappa shape index (κ2) is 3.76. The van der Waals surface area contributed by atoms with E-state index in [4.69, 9.17) is 0 Å². The fourth-order valence-electron chi connectivity index (χ4n) is 0.962. The number of hydrogen-bond donors (Lipinski definition) is 0. The predicted molar refractivity (Wildman–Crippen MR) is 43.5 cm³/mol. The third kappa shape index (κ3) is 1.75. The molecule has 1 rings (SSSR count). The Bertz CT molecular complexity index is 203. The third-order valence-electron chi connectivity index (χ3n) is 1.98. The standard InChI is InChI=1S/C8H12P.Ti/c1-5-6(2)8(4)9-7(5)3;/h1-4H3;/q-1;. The molecule has 0 aliphatic rings. The van der Waals surface area contributed by atoms with E-state index in [-0.39, 0.29) is 21.7 Å². The molecule has 2 heteroatoms. The van der Waals surface area contributed by atoms with Crippen molar-refractivity contribution in [2.24, 2.45) is 0 Å². The number of hydrogen-bond acceptors (Lipinski definition) is 0. The fraction of sp³-hybridized carbons (Fsp3) is 0.500. The van der Waals surface area contributed by atoms with Gasteiger partial charge in [-0.1, -0.05) is 27.7 Å². The number of rotatable bonds is 0. The van der Waals surface area contributed by atoms with Crippen molar-refractivity contribution < 1.29 is 21.7 Å². The van der Waals surface area contributed by atoms with E-state index in [2.05, 4.69) is 27.7 Å². The van der Waals surface area contributed by atoms with E-state index < -0.39 is 0 Å². The van der Waals surface area contributed by atoms with E-state index in [0.717, 1.165) is 0 Å². The van der Waals surface area contributed by atoms with Crippen LogP contribution in [0.15, 0.2) is 0 Å². The monoisotopic (exact) mass is 187 g/mol. The van der Waals surface area contributed by atoms with Crippen LogP contribution in [0, 0.1) is 27.7 Å². The Balaban J connectivity index is 0.000000810. The summed E-state index contributed by atoms with van der Waals surface area (Å²) in [6.07, 6.45) is 0. The first-order valence-corrected chi connectivity index (χ1v) is 4.09. The SMILES string of the molecule is Cc1p[c-](C)c(C)c1C.[Ti]. The quantitative estimate of drug-likeness (QED) is 0.432. The summed E-state index contributed by atoms with van der Waals surface area (Å²) in [5.74, 6) is 0. The average Bonchev–Trinajstić information content (AvgIpc) is 1.98. The van der Waals surface area contributed by atoms with Crippen LogP contribution < -0.4 is 0 Å². The van der Waals surface area contributed by atoms with E-state index in [1.165, 1.54) is 29.9 Å². The normalized spacial score (nSPS) is 10.0. The largest absolute Gasteiger partial charge is 0.220 e. The maximum absolute atomic E-state index is 2.21. The molecular weight excluding hydrogens is 175 g/mol. The van der Waals surface area contributed by atoms with Crippen molar-refractivity contribution in [3.05, 3.63) is 21.7 Å². The van der Waals surface area contributed by atoms with E-state index in [1.807, 2.05) is 0 Å². The van der Waals surface area contributed by atoms with Gasteiger partial charge in [-0.2, -0.15) is 16.4 Å². The van der Waals surface area contributed by atoms with Gasteiger partial charge in [-0.15, -0.1) is 5.30 Å². The molecule has 1 aromatic rings. The topological polar surface area (TPSA) is 0 Å².